The van der Waals surface area contributed by atoms with E-state index in [1.54, 1.807) is 43.5 Å². The minimum atomic E-state index is -4.14. The van der Waals surface area contributed by atoms with Crippen LogP contribution in [0.4, 0.5) is 30.6 Å². The number of pyridine rings is 3. The molecule has 614 valence electrons. The number of fused-ring (bicyclic) bond motifs is 3. The molecule has 2 N–H and O–H groups in total. The summed E-state index contributed by atoms with van der Waals surface area (Å²) in [6.07, 6.45) is 6.87. The van der Waals surface area contributed by atoms with Crippen molar-refractivity contribution in [2.75, 3.05) is 42.2 Å². The molecule has 0 spiro atoms. The first-order valence-electron chi connectivity index (χ1n) is 37.2. The molecule has 0 radical (unpaired) electrons. The summed E-state index contributed by atoms with van der Waals surface area (Å²) in [5.74, 6) is 2.94. The highest BCUT2D eigenvalue weighted by Crippen LogP contribution is 2.54. The molecule has 7 aromatic carbocycles. The molecule has 17 rings (SSSR count). The Kier molecular flexibility index (Phi) is 23.1. The molecule has 1 aliphatic heterocycles. The Morgan fingerprint density at radius 2 is 0.873 bits per heavy atom. The monoisotopic (exact) mass is 1730 g/mol. The molecule has 4 fully saturated rings. The zero-order valence-electron chi connectivity index (χ0n) is 65.5. The minimum Gasteiger partial charge on any atom is -0.497 e. The van der Waals surface area contributed by atoms with E-state index < -0.39 is 64.2 Å². The molecule has 0 amide bonds. The van der Waals surface area contributed by atoms with Crippen molar-refractivity contribution in [2.45, 2.75) is 118 Å². The zero-order valence-corrected chi connectivity index (χ0v) is 69.5. The number of ether oxygens (including phenoxy) is 4. The van der Waals surface area contributed by atoms with Gasteiger partial charge in [0, 0.05) is 70.8 Å². The van der Waals surface area contributed by atoms with E-state index in [-0.39, 0.29) is 96.1 Å². The Balaban J connectivity index is 0.000000135. The van der Waals surface area contributed by atoms with Gasteiger partial charge in [0.25, 0.3) is 46.7 Å². The van der Waals surface area contributed by atoms with Crippen LogP contribution in [0.3, 0.4) is 0 Å². The summed E-state index contributed by atoms with van der Waals surface area (Å²) < 4.78 is 181. The van der Waals surface area contributed by atoms with Crippen LogP contribution in [0, 0.1) is 35.2 Å². The molecule has 1 saturated heterocycles. The van der Waals surface area contributed by atoms with E-state index >= 15 is 0 Å². The third-order valence-electron chi connectivity index (χ3n) is 21.7. The standard InChI is InChI=1S/C27H21BrFN3O6S.2C23H20FN3O5S.C10H19BO2/c1-36-19-6-3-17(4-7-19)16-31(26-11-12-38-30-26)39(34,35)20-8-9-23-18(13-20)5-10-27(33)32(23)24-15-22(29)21(28)14-25(24)37-2;2*1-13-9-16(13)17-11-21(31-2)20(12-18(17)24)27-19-5-4-15(10-14(19)3-6-23(27)28)33(29,30)26-22-7-8-32-25-22;1-7-6-8(7)11-12-9(2,3)10(4,5)13-11/h3-15H,16H2,1-2H3;2*3-8,10-13,16H,9H2,1-2H3,(H,25,26);7-8H,6H2,1-5H3/t;2*13-,16-;7-,8?/m.101/s1. The lowest BCUT2D eigenvalue weighted by molar-refractivity contribution is 0.00578. The topological polar surface area (TPSA) is 329 Å². The summed E-state index contributed by atoms with van der Waals surface area (Å²) in [6.45, 7) is 14.8. The SMILES string of the molecule is COc1cc([C@@H]2C[C@H]2C)c(F)cc1-n1c(=O)ccc2cc(S(=O)(=O)Nc3ccon3)ccc21.COc1cc([C@H]2C[C@@H]2C)c(F)cc1-n1c(=O)ccc2cc(S(=O)(=O)Nc3ccon3)ccc21.COc1ccc(CN(c2ccon2)S(=O)(=O)c2ccc3c(ccc(=O)n3-c3cc(F)c(Br)cc3OC)c2)cc1.C[C@@H]1CC1B1OC(C)(C)C(C)(C)O1. The molecule has 27 nitrogen and oxygen atoms in total. The van der Waals surface area contributed by atoms with E-state index in [1.165, 1.54) is 194 Å². The Morgan fingerprint density at radius 1 is 0.483 bits per heavy atom. The predicted molar refractivity (Wildman–Crippen MR) is 440 cm³/mol. The highest BCUT2D eigenvalue weighted by atomic mass is 79.9. The van der Waals surface area contributed by atoms with Gasteiger partial charge in [-0.2, -0.15) is 0 Å². The maximum atomic E-state index is 15.0. The van der Waals surface area contributed by atoms with Crippen molar-refractivity contribution in [3.63, 3.8) is 0 Å². The smallest absolute Gasteiger partial charge is 0.461 e. The van der Waals surface area contributed by atoms with Gasteiger partial charge in [-0.25, -0.2) is 42.7 Å². The van der Waals surface area contributed by atoms with E-state index in [4.69, 9.17) is 32.8 Å². The number of hydrogen-bond donors (Lipinski definition) is 2. The third-order valence-corrected chi connectivity index (χ3v) is 26.7. The normalized spacial score (nSPS) is 18.2. The van der Waals surface area contributed by atoms with Crippen molar-refractivity contribution in [3.8, 4) is 40.1 Å². The van der Waals surface area contributed by atoms with Crippen LogP contribution >= 0.6 is 15.9 Å². The molecule has 35 heteroatoms. The Morgan fingerprint density at radius 3 is 1.25 bits per heavy atom. The summed E-state index contributed by atoms with van der Waals surface area (Å²) in [6, 6.07) is 41.0. The molecule has 13 aromatic rings. The predicted octanol–water partition coefficient (Wildman–Crippen LogP) is 15.9. The number of aromatic nitrogens is 6. The fraction of sp³-hybridized carbons (Fsp3) is 0.277. The van der Waals surface area contributed by atoms with Crippen molar-refractivity contribution in [3.05, 3.63) is 258 Å². The minimum absolute atomic E-state index is 0.0221. The van der Waals surface area contributed by atoms with E-state index in [1.807, 2.05) is 0 Å². The van der Waals surface area contributed by atoms with Crippen LogP contribution in [0.15, 0.2) is 236 Å². The van der Waals surface area contributed by atoms with Crippen LogP contribution < -0.4 is 49.4 Å². The first-order chi connectivity index (χ1) is 56.1. The lowest BCUT2D eigenvalue weighted by Gasteiger charge is -2.32. The van der Waals surface area contributed by atoms with Gasteiger partial charge in [-0.15, -0.1) is 0 Å². The van der Waals surface area contributed by atoms with Gasteiger partial charge >= 0.3 is 7.12 Å². The first kappa shape index (κ1) is 83.0. The van der Waals surface area contributed by atoms with Gasteiger partial charge in [-0.3, -0.25) is 37.5 Å². The summed E-state index contributed by atoms with van der Waals surface area (Å²) in [5, 5.41) is 12.3. The summed E-state index contributed by atoms with van der Waals surface area (Å²) in [4.78, 5) is 38.5. The zero-order chi connectivity index (χ0) is 84.2. The van der Waals surface area contributed by atoms with Crippen molar-refractivity contribution in [2.24, 2.45) is 17.8 Å². The fourth-order valence-electron chi connectivity index (χ4n) is 14.0. The van der Waals surface area contributed by atoms with Gasteiger partial charge in [0.2, 0.25) is 0 Å². The quantitative estimate of drug-likeness (QED) is 0.0631. The van der Waals surface area contributed by atoms with Crippen LogP contribution in [0.2, 0.25) is 5.82 Å². The summed E-state index contributed by atoms with van der Waals surface area (Å²) in [7, 11) is -6.09. The van der Waals surface area contributed by atoms with Crippen LogP contribution in [-0.4, -0.2) is 101 Å². The number of rotatable bonds is 21. The molecular weight excluding hydrogens is 1650 g/mol. The maximum Gasteiger partial charge on any atom is 0.461 e. The average Bonchev–Trinajstić information content (AvgIpc) is 1.48. The van der Waals surface area contributed by atoms with Crippen LogP contribution in [0.1, 0.15) is 96.3 Å². The Labute approximate surface area is 684 Å². The van der Waals surface area contributed by atoms with E-state index in [9.17, 15) is 52.8 Å². The van der Waals surface area contributed by atoms with Gasteiger partial charge < -0.3 is 41.8 Å². The number of hydrogen-bond acceptors (Lipinski definition) is 21. The van der Waals surface area contributed by atoms with E-state index in [0.29, 0.717) is 84.3 Å². The number of sulfonamides is 3. The van der Waals surface area contributed by atoms with Crippen LogP contribution in [0.5, 0.6) is 23.0 Å². The lowest BCUT2D eigenvalue weighted by Crippen LogP contribution is -2.41. The van der Waals surface area contributed by atoms with Crippen molar-refractivity contribution >= 4 is 103 Å². The molecule has 3 aliphatic carbocycles. The Bertz CT molecular complexity index is 6290. The van der Waals surface area contributed by atoms with Gasteiger partial charge in [0.15, 0.2) is 17.5 Å². The van der Waals surface area contributed by atoms with E-state index in [2.05, 4.69) is 98.4 Å². The number of benzene rings is 7. The number of nitrogens with zero attached hydrogens (tertiary/aromatic N) is 7. The lowest BCUT2D eigenvalue weighted by atomic mass is 9.81. The summed E-state index contributed by atoms with van der Waals surface area (Å²) in [5.41, 5.74) is 2.15. The molecule has 0 bridgehead atoms. The molecular formula is C83H80BBrF3N9O18S3. The van der Waals surface area contributed by atoms with Gasteiger partial charge in [-0.1, -0.05) is 48.4 Å². The second-order valence-corrected chi connectivity index (χ2v) is 36.1. The fourth-order valence-corrected chi connectivity index (χ4v) is 17.8. The highest BCUT2D eigenvalue weighted by Gasteiger charge is 2.58. The Hall–Kier alpha value is -11.5. The summed E-state index contributed by atoms with van der Waals surface area (Å²) >= 11 is 3.12. The molecule has 7 heterocycles. The van der Waals surface area contributed by atoms with Crippen LogP contribution in [-0.2, 0) is 45.9 Å². The van der Waals surface area contributed by atoms with Crippen molar-refractivity contribution in [1.82, 2.24) is 29.2 Å². The van der Waals surface area contributed by atoms with Gasteiger partial charge in [-0.05, 0) is 218 Å². The van der Waals surface area contributed by atoms with Gasteiger partial charge in [0.05, 0.1) is 99.0 Å². The number of anilines is 3. The molecule has 4 aliphatic rings. The molecule has 1 unspecified atom stereocenters. The molecule has 6 aromatic heterocycles. The molecule has 118 heavy (non-hydrogen) atoms. The average molecular weight is 1740 g/mol. The highest BCUT2D eigenvalue weighted by molar-refractivity contribution is 9.10. The van der Waals surface area contributed by atoms with Gasteiger partial charge in [0.1, 0.15) is 59.2 Å². The first-order valence-corrected chi connectivity index (χ1v) is 42.4. The molecule has 3 saturated carbocycles. The number of nitrogens with one attached hydrogen (secondary N) is 2. The second-order valence-electron chi connectivity index (χ2n) is 30.1. The number of methoxy groups -OCH3 is 4. The largest absolute Gasteiger partial charge is 0.497 e. The van der Waals surface area contributed by atoms with Crippen molar-refractivity contribution < 1.29 is 80.3 Å². The second kappa shape index (κ2) is 32.8. The molecule has 6 atom stereocenters. The van der Waals surface area contributed by atoms with E-state index in [0.717, 1.165) is 23.1 Å². The third kappa shape index (κ3) is 17.0. The maximum absolute atomic E-state index is 15.0. The van der Waals surface area contributed by atoms with Crippen LogP contribution in [0.25, 0.3) is 49.8 Å². The van der Waals surface area contributed by atoms with Crippen molar-refractivity contribution in [1.29, 1.82) is 0 Å². The number of halogens is 4.